The Balaban J connectivity index is 1.81. The van der Waals surface area contributed by atoms with Crippen molar-refractivity contribution in [2.24, 2.45) is 0 Å². The van der Waals surface area contributed by atoms with E-state index in [2.05, 4.69) is 15.5 Å². The van der Waals surface area contributed by atoms with Crippen LogP contribution in [0.1, 0.15) is 28.0 Å². The number of nitrogens with one attached hydrogen (secondary N) is 1. The maximum Gasteiger partial charge on any atom is 0.255 e. The second kappa shape index (κ2) is 6.29. The molecule has 3 aromatic rings. The van der Waals surface area contributed by atoms with Crippen LogP contribution in [0.3, 0.4) is 0 Å². The van der Waals surface area contributed by atoms with E-state index < -0.39 is 0 Å². The molecule has 0 saturated heterocycles. The van der Waals surface area contributed by atoms with Crippen LogP contribution in [0, 0.1) is 12.7 Å². The molecule has 0 aliphatic heterocycles. The van der Waals surface area contributed by atoms with E-state index >= 15 is 0 Å². The van der Waals surface area contributed by atoms with Gasteiger partial charge < -0.3 is 9.84 Å². The van der Waals surface area contributed by atoms with Gasteiger partial charge in [-0.3, -0.25) is 4.79 Å². The first-order chi connectivity index (χ1) is 11.1. The first-order valence-corrected chi connectivity index (χ1v) is 7.88. The highest BCUT2D eigenvalue weighted by Gasteiger charge is 2.15. The van der Waals surface area contributed by atoms with Crippen molar-refractivity contribution < 1.29 is 13.7 Å². The van der Waals surface area contributed by atoms with Crippen LogP contribution in [0.15, 0.2) is 34.9 Å². The number of hydrogen-bond donors (Lipinski definition) is 1. The van der Waals surface area contributed by atoms with Gasteiger partial charge in [0, 0.05) is 16.9 Å². The lowest BCUT2D eigenvalue weighted by Crippen LogP contribution is -2.11. The van der Waals surface area contributed by atoms with Crippen molar-refractivity contribution in [3.63, 3.8) is 0 Å². The van der Waals surface area contributed by atoms with E-state index in [1.165, 1.54) is 35.6 Å². The number of carbonyl (C=O) groups is 1. The number of carbonyl (C=O) groups excluding carboxylic acids is 1. The molecule has 3 rings (SSSR count). The Bertz CT molecular complexity index is 839. The highest BCUT2D eigenvalue weighted by atomic mass is 32.1. The molecular formula is C16H14FN3O2S. The second-order valence-electron chi connectivity index (χ2n) is 4.91. The molecule has 0 bridgehead atoms. The van der Waals surface area contributed by atoms with Crippen molar-refractivity contribution >= 4 is 22.9 Å². The highest BCUT2D eigenvalue weighted by Crippen LogP contribution is 2.33. The fourth-order valence-electron chi connectivity index (χ4n) is 2.01. The normalized spacial score (nSPS) is 10.7. The molecule has 0 saturated carbocycles. The van der Waals surface area contributed by atoms with Crippen LogP contribution in [0.4, 0.5) is 10.1 Å². The average Bonchev–Trinajstić information content (AvgIpc) is 3.15. The molecule has 0 aliphatic rings. The smallest absolute Gasteiger partial charge is 0.255 e. The van der Waals surface area contributed by atoms with Crippen LogP contribution in [-0.4, -0.2) is 16.0 Å². The van der Waals surface area contributed by atoms with Gasteiger partial charge >= 0.3 is 0 Å². The molecule has 1 aromatic carbocycles. The Morgan fingerprint density at radius 2 is 2.09 bits per heavy atom. The molecule has 2 aromatic heterocycles. The zero-order chi connectivity index (χ0) is 16.4. The van der Waals surface area contributed by atoms with Crippen molar-refractivity contribution in [1.29, 1.82) is 0 Å². The summed E-state index contributed by atoms with van der Waals surface area (Å²) in [7, 11) is 0. The average molecular weight is 331 g/mol. The lowest BCUT2D eigenvalue weighted by molar-refractivity contribution is 0.102. The molecule has 7 heteroatoms. The predicted octanol–water partition coefficient (Wildman–Crippen LogP) is 4.06. The van der Waals surface area contributed by atoms with Gasteiger partial charge in [0.2, 0.25) is 11.7 Å². The van der Waals surface area contributed by atoms with E-state index in [0.717, 1.165) is 9.75 Å². The van der Waals surface area contributed by atoms with Gasteiger partial charge in [0.05, 0.1) is 10.6 Å². The molecule has 23 heavy (non-hydrogen) atoms. The van der Waals surface area contributed by atoms with E-state index in [1.54, 1.807) is 0 Å². The molecule has 5 nitrogen and oxygen atoms in total. The summed E-state index contributed by atoms with van der Waals surface area (Å²) in [5.74, 6) is 0.416. The molecule has 0 radical (unpaired) electrons. The molecule has 1 amide bonds. The Labute approximate surface area is 136 Å². The number of nitrogens with zero attached hydrogens (tertiary/aromatic N) is 2. The fourth-order valence-corrected chi connectivity index (χ4v) is 2.91. The molecule has 0 spiro atoms. The molecule has 0 unspecified atom stereocenters. The zero-order valence-corrected chi connectivity index (χ0v) is 13.4. The third-order valence-corrected chi connectivity index (χ3v) is 4.31. The SMILES string of the molecule is CCc1nc(-c2cc(NC(=O)c3ccc(F)cc3)c(C)s2)no1. The Kier molecular flexibility index (Phi) is 4.20. The van der Waals surface area contributed by atoms with Gasteiger partial charge in [0.15, 0.2) is 0 Å². The van der Waals surface area contributed by atoms with Crippen molar-refractivity contribution in [2.45, 2.75) is 20.3 Å². The summed E-state index contributed by atoms with van der Waals surface area (Å²) in [4.78, 5) is 18.2. The number of thiophene rings is 1. The van der Waals surface area contributed by atoms with Crippen LogP contribution in [0.25, 0.3) is 10.7 Å². The summed E-state index contributed by atoms with van der Waals surface area (Å²) < 4.78 is 18.0. The van der Waals surface area contributed by atoms with Crippen LogP contribution < -0.4 is 5.32 Å². The standard InChI is InChI=1S/C16H14FN3O2S/c1-3-14-19-15(20-22-14)13-8-12(9(2)23-13)18-16(21)10-4-6-11(17)7-5-10/h4-8H,3H2,1-2H3,(H,18,21). The summed E-state index contributed by atoms with van der Waals surface area (Å²) >= 11 is 1.47. The molecule has 2 heterocycles. The largest absolute Gasteiger partial charge is 0.339 e. The minimum atomic E-state index is -0.376. The van der Waals surface area contributed by atoms with Gasteiger partial charge in [0.1, 0.15) is 5.82 Å². The molecule has 118 valence electrons. The number of amides is 1. The predicted molar refractivity (Wildman–Crippen MR) is 86.1 cm³/mol. The van der Waals surface area contributed by atoms with Gasteiger partial charge in [0.25, 0.3) is 5.91 Å². The maximum atomic E-state index is 12.9. The van der Waals surface area contributed by atoms with E-state index in [1.807, 2.05) is 19.9 Å². The zero-order valence-electron chi connectivity index (χ0n) is 12.6. The first kappa shape index (κ1) is 15.4. The number of rotatable bonds is 4. The number of aromatic nitrogens is 2. The number of anilines is 1. The molecular weight excluding hydrogens is 317 g/mol. The number of benzene rings is 1. The minimum absolute atomic E-state index is 0.292. The maximum absolute atomic E-state index is 12.9. The van der Waals surface area contributed by atoms with Gasteiger partial charge in [-0.2, -0.15) is 4.98 Å². The van der Waals surface area contributed by atoms with E-state index in [-0.39, 0.29) is 11.7 Å². The Hall–Kier alpha value is -2.54. The Morgan fingerprint density at radius 3 is 2.74 bits per heavy atom. The summed E-state index contributed by atoms with van der Waals surface area (Å²) in [6.45, 7) is 3.83. The van der Waals surface area contributed by atoms with Crippen LogP contribution >= 0.6 is 11.3 Å². The van der Waals surface area contributed by atoms with Gasteiger partial charge in [-0.25, -0.2) is 4.39 Å². The molecule has 0 fully saturated rings. The summed E-state index contributed by atoms with van der Waals surface area (Å²) in [5.41, 5.74) is 1.08. The molecule has 1 N–H and O–H groups in total. The molecule has 0 aliphatic carbocycles. The third kappa shape index (κ3) is 3.29. The van der Waals surface area contributed by atoms with E-state index in [9.17, 15) is 9.18 Å². The second-order valence-corrected chi connectivity index (χ2v) is 6.16. The van der Waals surface area contributed by atoms with Gasteiger partial charge in [-0.05, 0) is 37.3 Å². The summed E-state index contributed by atoms with van der Waals surface area (Å²) in [5, 5.41) is 6.75. The topological polar surface area (TPSA) is 68.0 Å². The van der Waals surface area contributed by atoms with Crippen molar-refractivity contribution in [3.8, 4) is 10.7 Å². The molecule has 0 atom stereocenters. The number of aryl methyl sites for hydroxylation is 2. The lowest BCUT2D eigenvalue weighted by Gasteiger charge is -2.04. The summed E-state index contributed by atoms with van der Waals surface area (Å²) in [6, 6.07) is 7.21. The van der Waals surface area contributed by atoms with Crippen LogP contribution in [0.2, 0.25) is 0 Å². The Morgan fingerprint density at radius 1 is 1.35 bits per heavy atom. The van der Waals surface area contributed by atoms with E-state index in [0.29, 0.717) is 29.4 Å². The van der Waals surface area contributed by atoms with Crippen LogP contribution in [-0.2, 0) is 6.42 Å². The van der Waals surface area contributed by atoms with Crippen molar-refractivity contribution in [1.82, 2.24) is 10.1 Å². The number of hydrogen-bond acceptors (Lipinski definition) is 5. The van der Waals surface area contributed by atoms with Gasteiger partial charge in [-0.1, -0.05) is 12.1 Å². The quantitative estimate of drug-likeness (QED) is 0.783. The van der Waals surface area contributed by atoms with Crippen LogP contribution in [0.5, 0.6) is 0 Å². The highest BCUT2D eigenvalue weighted by molar-refractivity contribution is 7.16. The van der Waals surface area contributed by atoms with E-state index in [4.69, 9.17) is 4.52 Å². The third-order valence-electron chi connectivity index (χ3n) is 3.26. The minimum Gasteiger partial charge on any atom is -0.339 e. The fraction of sp³-hybridized carbons (Fsp3) is 0.188. The monoisotopic (exact) mass is 331 g/mol. The summed E-state index contributed by atoms with van der Waals surface area (Å²) in [6.07, 6.45) is 0.672. The van der Waals surface area contributed by atoms with Crippen molar-refractivity contribution in [3.05, 3.63) is 52.5 Å². The first-order valence-electron chi connectivity index (χ1n) is 7.07. The van der Waals surface area contributed by atoms with Crippen molar-refractivity contribution in [2.75, 3.05) is 5.32 Å². The van der Waals surface area contributed by atoms with Gasteiger partial charge in [-0.15, -0.1) is 11.3 Å². The number of halogens is 1. The lowest BCUT2D eigenvalue weighted by atomic mass is 10.2.